The van der Waals surface area contributed by atoms with Crippen LogP contribution in [0.4, 0.5) is 0 Å². The van der Waals surface area contributed by atoms with Crippen molar-refractivity contribution in [3.05, 3.63) is 5.34 Å². The van der Waals surface area contributed by atoms with Gasteiger partial charge >= 0.3 is 0 Å². The molecule has 4 heavy (non-hydrogen) atoms. The molecule has 0 unspecified atom stereocenters. The maximum atomic E-state index is 4.64. The fraction of sp³-hybridized carbons (Fsp3) is 0. The van der Waals surface area contributed by atoms with Crippen molar-refractivity contribution >= 4 is 23.2 Å². The zero-order chi connectivity index (χ0) is 2.71. The third-order valence-electron chi connectivity index (χ3n) is 0. The van der Waals surface area contributed by atoms with Crippen LogP contribution >= 0.6 is 23.2 Å². The van der Waals surface area contributed by atoms with Gasteiger partial charge < -0.3 is 0 Å². The van der Waals surface area contributed by atoms with E-state index in [-0.39, 0.29) is 22.4 Å². The molecule has 30 valence electrons. The topological polar surface area (TPSA) is 0 Å². The first kappa shape index (κ1) is 9.01. The summed E-state index contributed by atoms with van der Waals surface area (Å²) in [4.78, 5) is 0. The van der Waals surface area contributed by atoms with Gasteiger partial charge in [-0.05, 0) is 0 Å². The van der Waals surface area contributed by atoms with Crippen LogP contribution < -0.4 is 0 Å². The van der Waals surface area contributed by atoms with Crippen molar-refractivity contribution in [3.8, 4) is 0 Å². The van der Waals surface area contributed by atoms with Gasteiger partial charge in [0, 0.05) is 22.4 Å². The summed E-state index contributed by atoms with van der Waals surface area (Å²) in [5.41, 5.74) is 0. The van der Waals surface area contributed by atoms with Crippen LogP contribution in [-0.4, -0.2) is 0 Å². The molecule has 0 heterocycles. The summed E-state index contributed by atoms with van der Waals surface area (Å²) in [6.07, 6.45) is 0. The van der Waals surface area contributed by atoms with Crippen LogP contribution in [-0.2, 0) is 22.4 Å². The fourth-order valence-electron chi connectivity index (χ4n) is 0. The molecule has 0 aliphatic rings. The van der Waals surface area contributed by atoms with E-state index in [0.29, 0.717) is 0 Å². The van der Waals surface area contributed by atoms with Crippen molar-refractivity contribution in [2.75, 3.05) is 0 Å². The van der Waals surface area contributed by atoms with Crippen LogP contribution in [0, 0.1) is 5.34 Å². The largest absolute Gasteiger partial charge is 0.137 e. The Morgan fingerprint density at radius 3 is 1.25 bits per heavy atom. The van der Waals surface area contributed by atoms with Crippen LogP contribution in [0.1, 0.15) is 0 Å². The minimum Gasteiger partial charge on any atom is -0.102 e. The van der Waals surface area contributed by atoms with Crippen molar-refractivity contribution in [2.45, 2.75) is 0 Å². The second kappa shape index (κ2) is 8.85. The van der Waals surface area contributed by atoms with E-state index in [1.54, 1.807) is 0 Å². The van der Waals surface area contributed by atoms with Gasteiger partial charge in [0.25, 0.3) is 0 Å². The van der Waals surface area contributed by atoms with Gasteiger partial charge in [0.05, 0.1) is 0 Å². The first-order valence-corrected chi connectivity index (χ1v) is 1.31. The second-order valence-electron chi connectivity index (χ2n) is 0.0825. The first-order chi connectivity index (χ1) is 1.41. The van der Waals surface area contributed by atoms with Crippen molar-refractivity contribution < 1.29 is 22.4 Å². The molecular formula is CHAgCl2. The van der Waals surface area contributed by atoms with Crippen LogP contribution in [0.15, 0.2) is 0 Å². The van der Waals surface area contributed by atoms with Gasteiger partial charge in [0.15, 0.2) is 0 Å². The molecule has 0 aromatic heterocycles. The van der Waals surface area contributed by atoms with Crippen LogP contribution in [0.5, 0.6) is 0 Å². The maximum Gasteiger partial charge on any atom is 0.137 e. The van der Waals surface area contributed by atoms with E-state index in [1.165, 1.54) is 0 Å². The van der Waals surface area contributed by atoms with Crippen molar-refractivity contribution in [1.82, 2.24) is 0 Å². The normalized spacial score (nSPS) is 4.50. The summed E-state index contributed by atoms with van der Waals surface area (Å²) in [5, 5.41) is 0.944. The van der Waals surface area contributed by atoms with Gasteiger partial charge in [-0.2, -0.15) is 0 Å². The standard InChI is InChI=1S/CHCl2.Ag/c2-1-3;/h1H;. The fourth-order valence-corrected chi connectivity index (χ4v) is 0. The predicted molar refractivity (Wildman–Crippen MR) is 16.0 cm³/mol. The third-order valence-corrected chi connectivity index (χ3v) is 0. The summed E-state index contributed by atoms with van der Waals surface area (Å²) in [6.45, 7) is 0. The van der Waals surface area contributed by atoms with Crippen molar-refractivity contribution in [3.63, 3.8) is 0 Å². The molecule has 0 fully saturated rings. The van der Waals surface area contributed by atoms with E-state index in [0.717, 1.165) is 5.34 Å². The second-order valence-corrected chi connectivity index (χ2v) is 0.742. The molecule has 0 amide bonds. The van der Waals surface area contributed by atoms with Gasteiger partial charge in [-0.15, -0.1) is 23.2 Å². The van der Waals surface area contributed by atoms with E-state index in [2.05, 4.69) is 23.2 Å². The molecule has 0 atom stereocenters. The monoisotopic (exact) mass is 190 g/mol. The summed E-state index contributed by atoms with van der Waals surface area (Å²) in [6, 6.07) is 0. The van der Waals surface area contributed by atoms with E-state index in [4.69, 9.17) is 0 Å². The molecule has 3 heteroatoms. The number of halogens is 2. The van der Waals surface area contributed by atoms with Gasteiger partial charge in [0.2, 0.25) is 0 Å². The van der Waals surface area contributed by atoms with Crippen LogP contribution in [0.25, 0.3) is 0 Å². The summed E-state index contributed by atoms with van der Waals surface area (Å²) >= 11 is 9.28. The molecule has 0 bridgehead atoms. The van der Waals surface area contributed by atoms with E-state index in [1.807, 2.05) is 0 Å². The Hall–Kier alpha value is 1.32. The summed E-state index contributed by atoms with van der Waals surface area (Å²) < 4.78 is 0. The van der Waals surface area contributed by atoms with Crippen LogP contribution in [0.2, 0.25) is 0 Å². The molecule has 0 aromatic carbocycles. The molecule has 0 rings (SSSR count). The zero-order valence-electron chi connectivity index (χ0n) is 1.63. The van der Waals surface area contributed by atoms with E-state index >= 15 is 0 Å². The molecular weight excluding hydrogens is 191 g/mol. The molecule has 0 nitrogen and oxygen atoms in total. The molecule has 0 aliphatic carbocycles. The molecule has 0 saturated heterocycles. The average molecular weight is 192 g/mol. The van der Waals surface area contributed by atoms with E-state index in [9.17, 15) is 0 Å². The molecule has 0 aromatic rings. The minimum absolute atomic E-state index is 0. The Morgan fingerprint density at radius 1 is 1.25 bits per heavy atom. The van der Waals surface area contributed by atoms with Gasteiger partial charge in [-0.3, -0.25) is 0 Å². The Labute approximate surface area is 51.0 Å². The average Bonchev–Trinajstić information content (AvgIpc) is 0.918. The van der Waals surface area contributed by atoms with E-state index < -0.39 is 0 Å². The maximum absolute atomic E-state index is 4.64. The van der Waals surface area contributed by atoms with Gasteiger partial charge in [-0.1, -0.05) is 0 Å². The minimum atomic E-state index is 0. The number of hydrogen-bond donors (Lipinski definition) is 0. The Balaban J connectivity index is 0. The molecule has 0 N–H and O–H groups in total. The van der Waals surface area contributed by atoms with Gasteiger partial charge in [-0.25, -0.2) is 0 Å². The molecule has 2 radical (unpaired) electrons. The Morgan fingerprint density at radius 2 is 1.25 bits per heavy atom. The number of hydrogen-bond acceptors (Lipinski definition) is 0. The predicted octanol–water partition coefficient (Wildman–Crippen LogP) is 1.58. The zero-order valence-corrected chi connectivity index (χ0v) is 4.63. The smallest absolute Gasteiger partial charge is 0.102 e. The van der Waals surface area contributed by atoms with Crippen LogP contribution in [0.3, 0.4) is 0 Å². The number of rotatable bonds is 0. The summed E-state index contributed by atoms with van der Waals surface area (Å²) in [5.74, 6) is 0. The quantitative estimate of drug-likeness (QED) is 0.511. The third kappa shape index (κ3) is 10.3. The van der Waals surface area contributed by atoms with Gasteiger partial charge in [0.1, 0.15) is 5.34 Å². The molecule has 0 aliphatic heterocycles. The SMILES string of the molecule is Cl[CH]Cl.[Ag]. The molecule has 0 saturated carbocycles. The van der Waals surface area contributed by atoms with Crippen molar-refractivity contribution in [1.29, 1.82) is 0 Å². The Bertz CT molecular complexity index is 6.00. The van der Waals surface area contributed by atoms with Crippen molar-refractivity contribution in [2.24, 2.45) is 0 Å². The first-order valence-electron chi connectivity index (χ1n) is 0.436. The molecule has 0 spiro atoms. The Kier molecular flexibility index (Phi) is 19.9. The summed E-state index contributed by atoms with van der Waals surface area (Å²) in [7, 11) is 0.